The molecule has 0 bridgehead atoms. The molecule has 1 aromatic carbocycles. The maximum atomic E-state index is 12.9. The van der Waals surface area contributed by atoms with Gasteiger partial charge in [-0.25, -0.2) is 8.42 Å². The zero-order chi connectivity index (χ0) is 23.4. The summed E-state index contributed by atoms with van der Waals surface area (Å²) in [6.07, 6.45) is 4.25. The molecule has 0 spiro atoms. The molecule has 4 rings (SSSR count). The van der Waals surface area contributed by atoms with E-state index in [9.17, 15) is 13.2 Å². The number of nitrogens with one attached hydrogen (secondary N) is 1. The molecular formula is C22H21Cl2N3O4S2. The number of thiophene rings is 1. The van der Waals surface area contributed by atoms with E-state index in [1.807, 2.05) is 24.3 Å². The maximum Gasteiger partial charge on any atom is 0.253 e. The molecule has 1 fully saturated rings. The number of rotatable bonds is 8. The van der Waals surface area contributed by atoms with Crippen LogP contribution in [0.15, 0.2) is 59.1 Å². The Morgan fingerprint density at radius 3 is 2.61 bits per heavy atom. The van der Waals surface area contributed by atoms with Gasteiger partial charge in [-0.1, -0.05) is 47.5 Å². The van der Waals surface area contributed by atoms with Crippen LogP contribution in [-0.4, -0.2) is 36.2 Å². The molecule has 3 aromatic rings. The zero-order valence-electron chi connectivity index (χ0n) is 17.4. The van der Waals surface area contributed by atoms with Gasteiger partial charge >= 0.3 is 0 Å². The molecule has 7 nitrogen and oxygen atoms in total. The molecule has 2 aromatic heterocycles. The second-order valence-electron chi connectivity index (χ2n) is 7.49. The lowest BCUT2D eigenvalue weighted by Gasteiger charge is -2.22. The maximum absolute atomic E-state index is 12.9. The van der Waals surface area contributed by atoms with Gasteiger partial charge in [0.25, 0.3) is 10.0 Å². The third-order valence-corrected chi connectivity index (χ3v) is 9.01. The Hall–Kier alpha value is -2.17. The molecule has 0 radical (unpaired) electrons. The van der Waals surface area contributed by atoms with Crippen molar-refractivity contribution in [1.29, 1.82) is 0 Å². The summed E-state index contributed by atoms with van der Waals surface area (Å²) in [5.74, 6) is 0.277. The normalized spacial score (nSPS) is 16.6. The van der Waals surface area contributed by atoms with Gasteiger partial charge in [-0.05, 0) is 36.1 Å². The first-order valence-electron chi connectivity index (χ1n) is 10.2. The van der Waals surface area contributed by atoms with Crippen LogP contribution in [-0.2, 0) is 28.0 Å². The summed E-state index contributed by atoms with van der Waals surface area (Å²) in [6.45, 7) is 0.969. The molecule has 0 unspecified atom stereocenters. The van der Waals surface area contributed by atoms with Crippen LogP contribution < -0.4 is 10.1 Å². The second-order valence-corrected chi connectivity index (χ2v) is 11.8. The second kappa shape index (κ2) is 10.4. The van der Waals surface area contributed by atoms with E-state index in [-0.39, 0.29) is 10.1 Å². The van der Waals surface area contributed by atoms with Crippen LogP contribution in [0.3, 0.4) is 0 Å². The van der Waals surface area contributed by atoms with E-state index in [0.29, 0.717) is 47.6 Å². The molecule has 11 heteroatoms. The van der Waals surface area contributed by atoms with Gasteiger partial charge in [-0.15, -0.1) is 11.3 Å². The lowest BCUT2D eigenvalue weighted by Crippen LogP contribution is -2.45. The van der Waals surface area contributed by atoms with Gasteiger partial charge in [0.1, 0.15) is 22.6 Å². The van der Waals surface area contributed by atoms with E-state index in [2.05, 4.69) is 10.3 Å². The number of aromatic nitrogens is 1. The molecule has 3 heterocycles. The van der Waals surface area contributed by atoms with Crippen LogP contribution in [0, 0.1) is 0 Å². The average molecular weight is 526 g/mol. The van der Waals surface area contributed by atoms with Gasteiger partial charge in [0.15, 0.2) is 0 Å². The zero-order valence-corrected chi connectivity index (χ0v) is 20.6. The van der Waals surface area contributed by atoms with Crippen molar-refractivity contribution in [2.45, 2.75) is 36.2 Å². The predicted octanol–water partition coefficient (Wildman–Crippen LogP) is 4.50. The number of amides is 1. The SMILES string of the molecule is O=C(NCc1ccc(COc2cncc(Cl)c2)cc1)[C@@H]1CCCN1S(=O)(=O)c1ccc(Cl)s1. The summed E-state index contributed by atoms with van der Waals surface area (Å²) >= 11 is 12.8. The highest BCUT2D eigenvalue weighted by molar-refractivity contribution is 7.91. The highest BCUT2D eigenvalue weighted by atomic mass is 35.5. The number of nitrogens with zero attached hydrogens (tertiary/aromatic N) is 2. The molecule has 1 aliphatic heterocycles. The Balaban J connectivity index is 1.32. The fraction of sp³-hybridized carbons (Fsp3) is 0.273. The van der Waals surface area contributed by atoms with Crippen molar-refractivity contribution in [3.05, 3.63) is 75.3 Å². The van der Waals surface area contributed by atoms with Crippen molar-refractivity contribution in [2.75, 3.05) is 6.54 Å². The Morgan fingerprint density at radius 2 is 1.91 bits per heavy atom. The van der Waals surface area contributed by atoms with Gasteiger partial charge in [-0.3, -0.25) is 9.78 Å². The Kier molecular flexibility index (Phi) is 7.55. The van der Waals surface area contributed by atoms with Crippen molar-refractivity contribution in [3.63, 3.8) is 0 Å². The number of carbonyl (C=O) groups excluding carboxylic acids is 1. The largest absolute Gasteiger partial charge is 0.487 e. The van der Waals surface area contributed by atoms with Crippen LogP contribution in [0.5, 0.6) is 5.75 Å². The summed E-state index contributed by atoms with van der Waals surface area (Å²) in [7, 11) is -3.75. The van der Waals surface area contributed by atoms with Crippen LogP contribution in [0.25, 0.3) is 0 Å². The van der Waals surface area contributed by atoms with Gasteiger partial charge in [0.05, 0.1) is 15.6 Å². The first kappa shape index (κ1) is 24.0. The number of hydrogen-bond acceptors (Lipinski definition) is 6. The predicted molar refractivity (Wildman–Crippen MR) is 128 cm³/mol. The van der Waals surface area contributed by atoms with Crippen LogP contribution in [0.4, 0.5) is 0 Å². The van der Waals surface area contributed by atoms with Crippen molar-refractivity contribution in [1.82, 2.24) is 14.6 Å². The monoisotopic (exact) mass is 525 g/mol. The van der Waals surface area contributed by atoms with E-state index in [1.54, 1.807) is 18.3 Å². The molecular weight excluding hydrogens is 505 g/mol. The fourth-order valence-electron chi connectivity index (χ4n) is 3.54. The first-order valence-corrected chi connectivity index (χ1v) is 13.2. The lowest BCUT2D eigenvalue weighted by molar-refractivity contribution is -0.124. The molecule has 174 valence electrons. The smallest absolute Gasteiger partial charge is 0.253 e. The molecule has 0 saturated carbocycles. The van der Waals surface area contributed by atoms with Crippen LogP contribution in [0.2, 0.25) is 9.36 Å². The highest BCUT2D eigenvalue weighted by Gasteiger charge is 2.39. The molecule has 1 N–H and O–H groups in total. The van der Waals surface area contributed by atoms with Crippen molar-refractivity contribution in [2.24, 2.45) is 0 Å². The molecule has 1 amide bonds. The Bertz CT molecular complexity index is 1230. The van der Waals surface area contributed by atoms with E-state index in [1.165, 1.54) is 16.6 Å². The minimum atomic E-state index is -3.75. The summed E-state index contributed by atoms with van der Waals surface area (Å²) in [4.78, 5) is 16.8. The highest BCUT2D eigenvalue weighted by Crippen LogP contribution is 2.32. The van der Waals surface area contributed by atoms with E-state index in [4.69, 9.17) is 27.9 Å². The van der Waals surface area contributed by atoms with Gasteiger partial charge in [0, 0.05) is 25.4 Å². The fourth-order valence-corrected chi connectivity index (χ4v) is 6.97. The standard InChI is InChI=1S/C22H21Cl2N3O4S2/c23-17-10-18(13-25-12-17)31-14-16-5-3-15(4-6-16)11-26-22(28)19-2-1-9-27(19)33(29,30)21-8-7-20(24)32-21/h3-8,10,12-13,19H,1-2,9,11,14H2,(H,26,28)/t19-/m0/s1. The molecule has 33 heavy (non-hydrogen) atoms. The van der Waals surface area contributed by atoms with Crippen LogP contribution in [0.1, 0.15) is 24.0 Å². The van der Waals surface area contributed by atoms with Crippen molar-refractivity contribution in [3.8, 4) is 5.75 Å². The van der Waals surface area contributed by atoms with Crippen LogP contribution >= 0.6 is 34.5 Å². The lowest BCUT2D eigenvalue weighted by atomic mass is 10.1. The topological polar surface area (TPSA) is 88.6 Å². The van der Waals surface area contributed by atoms with Gasteiger partial charge in [0.2, 0.25) is 5.91 Å². The van der Waals surface area contributed by atoms with E-state index < -0.39 is 16.1 Å². The summed E-state index contributed by atoms with van der Waals surface area (Å²) in [6, 6.07) is 11.6. The van der Waals surface area contributed by atoms with E-state index >= 15 is 0 Å². The number of hydrogen-bond donors (Lipinski definition) is 1. The quantitative estimate of drug-likeness (QED) is 0.467. The first-order chi connectivity index (χ1) is 15.8. The molecule has 0 aliphatic carbocycles. The van der Waals surface area contributed by atoms with Crippen molar-refractivity contribution < 1.29 is 17.9 Å². The minimum Gasteiger partial charge on any atom is -0.487 e. The third-order valence-electron chi connectivity index (χ3n) is 5.19. The van der Waals surface area contributed by atoms with Crippen molar-refractivity contribution >= 4 is 50.5 Å². The van der Waals surface area contributed by atoms with Gasteiger partial charge in [-0.2, -0.15) is 4.31 Å². The van der Waals surface area contributed by atoms with Gasteiger partial charge < -0.3 is 10.1 Å². The average Bonchev–Trinajstić information content (AvgIpc) is 3.47. The Labute approximate surface area is 206 Å². The number of carbonyl (C=O) groups is 1. The number of sulfonamides is 1. The number of ether oxygens (including phenoxy) is 1. The number of benzene rings is 1. The molecule has 1 aliphatic rings. The minimum absolute atomic E-state index is 0.151. The molecule has 1 atom stereocenters. The summed E-state index contributed by atoms with van der Waals surface area (Å²) < 4.78 is 33.4. The molecule has 1 saturated heterocycles. The third kappa shape index (κ3) is 5.85. The summed E-state index contributed by atoms with van der Waals surface area (Å²) in [5.41, 5.74) is 1.85. The summed E-state index contributed by atoms with van der Waals surface area (Å²) in [5, 5.41) is 3.37. The Morgan fingerprint density at radius 1 is 1.15 bits per heavy atom. The number of halogens is 2. The number of pyridine rings is 1. The van der Waals surface area contributed by atoms with E-state index in [0.717, 1.165) is 22.5 Å².